The lowest BCUT2D eigenvalue weighted by atomic mass is 10.2. The fraction of sp³-hybridized carbons (Fsp3) is 0.417. The Labute approximate surface area is 120 Å². The number of nitrogens with one attached hydrogen (secondary N) is 2. The Morgan fingerprint density at radius 3 is 2.58 bits per heavy atom. The number of alkyl halides is 3. The summed E-state index contributed by atoms with van der Waals surface area (Å²) in [6, 6.07) is 3.72. The number of halogens is 4. The number of anilines is 1. The number of benzene rings is 1. The maximum atomic E-state index is 12.7. The Bertz CT molecular complexity index is 463. The highest BCUT2D eigenvalue weighted by atomic mass is 35.5. The minimum absolute atomic E-state index is 0.148. The van der Waals surface area contributed by atoms with Gasteiger partial charge in [-0.1, -0.05) is 18.5 Å². The van der Waals surface area contributed by atoms with Crippen LogP contribution in [0.25, 0.3) is 0 Å². The minimum atomic E-state index is -4.49. The Morgan fingerprint density at radius 1 is 1.42 bits per heavy atom. The molecule has 0 spiro atoms. The second-order valence-electron chi connectivity index (χ2n) is 4.10. The van der Waals surface area contributed by atoms with Gasteiger partial charge in [-0.2, -0.15) is 13.2 Å². The van der Waals surface area contributed by atoms with Crippen molar-refractivity contribution >= 4 is 34.6 Å². The van der Waals surface area contributed by atoms with Gasteiger partial charge in [0.2, 0.25) is 0 Å². The van der Waals surface area contributed by atoms with Crippen molar-refractivity contribution < 1.29 is 13.2 Å². The third kappa shape index (κ3) is 4.87. The van der Waals surface area contributed by atoms with E-state index in [9.17, 15) is 13.2 Å². The van der Waals surface area contributed by atoms with Crippen molar-refractivity contribution in [2.24, 2.45) is 0 Å². The standard InChI is InChI=1S/C12H14ClF3N2S/c1-3-7(2)17-11(19)18-8-4-5-10(13)9(6-8)12(14,15)16/h4-7H,3H2,1-2H3,(H2,17,18,19)/t7-/m0/s1. The molecular formula is C12H14ClF3N2S. The summed E-state index contributed by atoms with van der Waals surface area (Å²) in [5.41, 5.74) is -0.636. The molecule has 0 saturated carbocycles. The van der Waals surface area contributed by atoms with E-state index >= 15 is 0 Å². The second kappa shape index (κ2) is 6.43. The quantitative estimate of drug-likeness (QED) is 0.807. The van der Waals surface area contributed by atoms with Crippen molar-refractivity contribution in [2.75, 3.05) is 5.32 Å². The van der Waals surface area contributed by atoms with Gasteiger partial charge in [0.1, 0.15) is 0 Å². The summed E-state index contributed by atoms with van der Waals surface area (Å²) in [7, 11) is 0. The van der Waals surface area contributed by atoms with E-state index in [0.29, 0.717) is 0 Å². The molecule has 0 fully saturated rings. The summed E-state index contributed by atoms with van der Waals surface area (Å²) in [5.74, 6) is 0. The van der Waals surface area contributed by atoms with E-state index in [4.69, 9.17) is 23.8 Å². The topological polar surface area (TPSA) is 24.1 Å². The Balaban J connectivity index is 2.83. The first-order valence-electron chi connectivity index (χ1n) is 5.68. The van der Waals surface area contributed by atoms with Gasteiger partial charge in [0, 0.05) is 11.7 Å². The SMILES string of the molecule is CC[C@H](C)NC(=S)Nc1ccc(Cl)c(C(F)(F)F)c1. The molecule has 2 nitrogen and oxygen atoms in total. The molecular weight excluding hydrogens is 297 g/mol. The molecule has 0 bridgehead atoms. The number of hydrogen-bond donors (Lipinski definition) is 2. The zero-order valence-corrected chi connectivity index (χ0v) is 12.0. The van der Waals surface area contributed by atoms with Gasteiger partial charge in [-0.3, -0.25) is 0 Å². The van der Waals surface area contributed by atoms with E-state index in [1.54, 1.807) is 0 Å². The smallest absolute Gasteiger partial charge is 0.360 e. The normalized spacial score (nSPS) is 12.9. The van der Waals surface area contributed by atoms with Gasteiger partial charge in [-0.25, -0.2) is 0 Å². The molecule has 0 aliphatic heterocycles. The van der Waals surface area contributed by atoms with Crippen LogP contribution in [-0.2, 0) is 6.18 Å². The summed E-state index contributed by atoms with van der Waals surface area (Å²) >= 11 is 10.5. The Morgan fingerprint density at radius 2 is 2.05 bits per heavy atom. The van der Waals surface area contributed by atoms with Crippen molar-refractivity contribution in [1.82, 2.24) is 5.32 Å². The summed E-state index contributed by atoms with van der Waals surface area (Å²) in [6.45, 7) is 3.90. The van der Waals surface area contributed by atoms with Crippen LogP contribution in [0.3, 0.4) is 0 Å². The highest BCUT2D eigenvalue weighted by molar-refractivity contribution is 7.80. The lowest BCUT2D eigenvalue weighted by Gasteiger charge is -2.16. The van der Waals surface area contributed by atoms with Crippen LogP contribution in [0.15, 0.2) is 18.2 Å². The molecule has 1 atom stereocenters. The molecule has 0 aromatic heterocycles. The molecule has 0 radical (unpaired) electrons. The molecule has 0 aliphatic carbocycles. The van der Waals surface area contributed by atoms with Crippen LogP contribution in [-0.4, -0.2) is 11.2 Å². The zero-order valence-electron chi connectivity index (χ0n) is 10.4. The lowest BCUT2D eigenvalue weighted by Crippen LogP contribution is -2.35. The van der Waals surface area contributed by atoms with Crippen LogP contribution < -0.4 is 10.6 Å². The predicted molar refractivity (Wildman–Crippen MR) is 75.6 cm³/mol. The molecule has 7 heteroatoms. The number of thiocarbonyl (C=S) groups is 1. The van der Waals surface area contributed by atoms with E-state index in [-0.39, 0.29) is 21.9 Å². The van der Waals surface area contributed by atoms with Crippen LogP contribution in [0.2, 0.25) is 5.02 Å². The van der Waals surface area contributed by atoms with Crippen molar-refractivity contribution in [3.8, 4) is 0 Å². The van der Waals surface area contributed by atoms with Gasteiger partial charge in [-0.05, 0) is 43.8 Å². The van der Waals surface area contributed by atoms with Gasteiger partial charge in [-0.15, -0.1) is 0 Å². The van der Waals surface area contributed by atoms with Crippen LogP contribution in [0.5, 0.6) is 0 Å². The molecule has 0 amide bonds. The zero-order chi connectivity index (χ0) is 14.6. The van der Waals surface area contributed by atoms with Crippen molar-refractivity contribution in [2.45, 2.75) is 32.5 Å². The molecule has 0 unspecified atom stereocenters. The fourth-order valence-corrected chi connectivity index (χ4v) is 1.86. The predicted octanol–water partition coefficient (Wildman–Crippen LogP) is 4.44. The first kappa shape index (κ1) is 16.0. The third-order valence-electron chi connectivity index (χ3n) is 2.52. The van der Waals surface area contributed by atoms with Gasteiger partial charge >= 0.3 is 6.18 Å². The van der Waals surface area contributed by atoms with Crippen molar-refractivity contribution in [3.63, 3.8) is 0 Å². The average molecular weight is 311 g/mol. The van der Waals surface area contributed by atoms with Crippen LogP contribution in [0.4, 0.5) is 18.9 Å². The Hall–Kier alpha value is -1.01. The molecule has 1 aromatic carbocycles. The molecule has 0 heterocycles. The largest absolute Gasteiger partial charge is 0.417 e. The Kier molecular flexibility index (Phi) is 5.43. The number of hydrogen-bond acceptors (Lipinski definition) is 1. The summed E-state index contributed by atoms with van der Waals surface area (Å²) < 4.78 is 38.0. The van der Waals surface area contributed by atoms with Gasteiger partial charge in [0.25, 0.3) is 0 Å². The maximum absolute atomic E-state index is 12.7. The van der Waals surface area contributed by atoms with E-state index in [0.717, 1.165) is 12.5 Å². The highest BCUT2D eigenvalue weighted by Crippen LogP contribution is 2.36. The minimum Gasteiger partial charge on any atom is -0.360 e. The van der Waals surface area contributed by atoms with Gasteiger partial charge < -0.3 is 10.6 Å². The summed E-state index contributed by atoms with van der Waals surface area (Å²) in [6.07, 6.45) is -3.63. The van der Waals surface area contributed by atoms with E-state index in [1.165, 1.54) is 12.1 Å². The summed E-state index contributed by atoms with van der Waals surface area (Å²) in [4.78, 5) is 0. The van der Waals surface area contributed by atoms with Gasteiger partial charge in [0.05, 0.1) is 10.6 Å². The molecule has 19 heavy (non-hydrogen) atoms. The van der Waals surface area contributed by atoms with Gasteiger partial charge in [0.15, 0.2) is 5.11 Å². The summed E-state index contributed by atoms with van der Waals surface area (Å²) in [5, 5.41) is 5.61. The average Bonchev–Trinajstić information content (AvgIpc) is 2.29. The fourth-order valence-electron chi connectivity index (χ4n) is 1.31. The third-order valence-corrected chi connectivity index (χ3v) is 3.07. The number of rotatable bonds is 3. The first-order chi connectivity index (χ1) is 8.74. The first-order valence-corrected chi connectivity index (χ1v) is 6.47. The maximum Gasteiger partial charge on any atom is 0.417 e. The molecule has 106 valence electrons. The molecule has 0 saturated heterocycles. The van der Waals surface area contributed by atoms with E-state index in [1.807, 2.05) is 13.8 Å². The molecule has 0 aliphatic rings. The van der Waals surface area contributed by atoms with E-state index < -0.39 is 11.7 Å². The van der Waals surface area contributed by atoms with Crippen LogP contribution in [0.1, 0.15) is 25.8 Å². The van der Waals surface area contributed by atoms with Crippen LogP contribution >= 0.6 is 23.8 Å². The monoisotopic (exact) mass is 310 g/mol. The highest BCUT2D eigenvalue weighted by Gasteiger charge is 2.33. The van der Waals surface area contributed by atoms with E-state index in [2.05, 4.69) is 10.6 Å². The van der Waals surface area contributed by atoms with Crippen molar-refractivity contribution in [1.29, 1.82) is 0 Å². The van der Waals surface area contributed by atoms with Crippen molar-refractivity contribution in [3.05, 3.63) is 28.8 Å². The molecule has 1 aromatic rings. The molecule has 2 N–H and O–H groups in total. The lowest BCUT2D eigenvalue weighted by molar-refractivity contribution is -0.137. The molecule has 1 rings (SSSR count). The second-order valence-corrected chi connectivity index (χ2v) is 4.92. The van der Waals surface area contributed by atoms with Crippen LogP contribution in [0, 0.1) is 0 Å².